The van der Waals surface area contributed by atoms with E-state index in [-0.39, 0.29) is 6.03 Å². The molecule has 0 radical (unpaired) electrons. The summed E-state index contributed by atoms with van der Waals surface area (Å²) in [7, 11) is 0. The van der Waals surface area contributed by atoms with Gasteiger partial charge in [0.1, 0.15) is 0 Å². The van der Waals surface area contributed by atoms with Crippen LogP contribution in [-0.4, -0.2) is 31.2 Å². The fraction of sp³-hybridized carbons (Fsp3) is 0.889. The zero-order valence-electron chi connectivity index (χ0n) is 8.39. The number of amides is 2. The first-order valence-corrected chi connectivity index (χ1v) is 4.96. The Morgan fingerprint density at radius 2 is 2.08 bits per heavy atom. The number of hydrogen-bond donors (Lipinski definition) is 3. The quantitative estimate of drug-likeness (QED) is 0.545. The topological polar surface area (TPSA) is 53.2 Å². The smallest absolute Gasteiger partial charge is 0.315 e. The molecule has 0 aromatic rings. The van der Waals surface area contributed by atoms with E-state index in [1.165, 1.54) is 0 Å². The van der Waals surface area contributed by atoms with Crippen LogP contribution in [0.5, 0.6) is 0 Å². The first-order chi connectivity index (χ1) is 6.18. The third kappa shape index (κ3) is 5.47. The molecule has 1 fully saturated rings. The van der Waals surface area contributed by atoms with Crippen molar-refractivity contribution in [3.8, 4) is 0 Å². The van der Waals surface area contributed by atoms with Crippen molar-refractivity contribution in [1.82, 2.24) is 16.0 Å². The predicted octanol–water partition coefficient (Wildman–Crippen LogP) is 0.446. The van der Waals surface area contributed by atoms with Crippen LogP contribution < -0.4 is 16.0 Å². The third-order valence-electron chi connectivity index (χ3n) is 1.88. The molecule has 4 nitrogen and oxygen atoms in total. The highest BCUT2D eigenvalue weighted by Crippen LogP contribution is 2.17. The second-order valence-corrected chi connectivity index (χ2v) is 3.78. The predicted molar refractivity (Wildman–Crippen MR) is 52.7 cm³/mol. The van der Waals surface area contributed by atoms with E-state index in [4.69, 9.17) is 0 Å². The fourth-order valence-electron chi connectivity index (χ4n) is 1.00. The summed E-state index contributed by atoms with van der Waals surface area (Å²) in [4.78, 5) is 11.1. The van der Waals surface area contributed by atoms with E-state index in [1.54, 1.807) is 0 Å². The molecule has 3 N–H and O–H groups in total. The van der Waals surface area contributed by atoms with Gasteiger partial charge in [0.05, 0.1) is 0 Å². The average molecular weight is 185 g/mol. The van der Waals surface area contributed by atoms with Gasteiger partial charge in [-0.2, -0.15) is 0 Å². The van der Waals surface area contributed by atoms with Gasteiger partial charge in [0.2, 0.25) is 0 Å². The number of urea groups is 1. The Bertz CT molecular complexity index is 166. The Morgan fingerprint density at radius 1 is 1.38 bits per heavy atom. The van der Waals surface area contributed by atoms with Crippen LogP contribution >= 0.6 is 0 Å². The summed E-state index contributed by atoms with van der Waals surface area (Å²) in [6.07, 6.45) is 2.27. The van der Waals surface area contributed by atoms with Gasteiger partial charge < -0.3 is 16.0 Å². The molecular weight excluding hydrogens is 166 g/mol. The van der Waals surface area contributed by atoms with Crippen molar-refractivity contribution >= 4 is 6.03 Å². The molecule has 0 atom stereocenters. The first kappa shape index (κ1) is 10.3. The molecular formula is C9H19N3O. The molecule has 0 saturated heterocycles. The fourth-order valence-corrected chi connectivity index (χ4v) is 1.00. The summed E-state index contributed by atoms with van der Waals surface area (Å²) >= 11 is 0. The van der Waals surface area contributed by atoms with E-state index in [1.807, 2.05) is 0 Å². The Hall–Kier alpha value is -0.770. The van der Waals surface area contributed by atoms with E-state index >= 15 is 0 Å². The van der Waals surface area contributed by atoms with Crippen molar-refractivity contribution in [3.63, 3.8) is 0 Å². The summed E-state index contributed by atoms with van der Waals surface area (Å²) in [5.74, 6) is 0. The molecule has 0 bridgehead atoms. The second-order valence-electron chi connectivity index (χ2n) is 3.78. The lowest BCUT2D eigenvalue weighted by atomic mass is 10.4. The molecule has 13 heavy (non-hydrogen) atoms. The van der Waals surface area contributed by atoms with E-state index in [9.17, 15) is 4.79 Å². The van der Waals surface area contributed by atoms with Gasteiger partial charge in [0.15, 0.2) is 0 Å². The molecule has 1 rings (SSSR count). The minimum absolute atomic E-state index is 0.0342. The summed E-state index contributed by atoms with van der Waals surface area (Å²) in [6, 6.07) is 0.888. The molecule has 4 heteroatoms. The Morgan fingerprint density at radius 3 is 2.62 bits per heavy atom. The largest absolute Gasteiger partial charge is 0.337 e. The van der Waals surface area contributed by atoms with Crippen LogP contribution in [0.1, 0.15) is 26.7 Å². The lowest BCUT2D eigenvalue weighted by Crippen LogP contribution is -2.41. The molecule has 1 aliphatic rings. The Kier molecular flexibility index (Phi) is 4.02. The molecule has 0 spiro atoms. The van der Waals surface area contributed by atoms with Crippen molar-refractivity contribution < 1.29 is 4.79 Å². The van der Waals surface area contributed by atoms with E-state index < -0.39 is 0 Å². The number of carbonyl (C=O) groups excluding carboxylic acids is 1. The lowest BCUT2D eigenvalue weighted by Gasteiger charge is -2.09. The zero-order valence-corrected chi connectivity index (χ0v) is 8.39. The normalized spacial score (nSPS) is 15.9. The molecule has 1 aliphatic carbocycles. The van der Waals surface area contributed by atoms with Gasteiger partial charge >= 0.3 is 6.03 Å². The average Bonchev–Trinajstić information content (AvgIpc) is 2.81. The van der Waals surface area contributed by atoms with Crippen LogP contribution in [0.4, 0.5) is 4.79 Å². The van der Waals surface area contributed by atoms with Crippen molar-refractivity contribution in [1.29, 1.82) is 0 Å². The van der Waals surface area contributed by atoms with Crippen LogP contribution in [0.15, 0.2) is 0 Å². The highest BCUT2D eigenvalue weighted by molar-refractivity contribution is 5.74. The van der Waals surface area contributed by atoms with E-state index in [0.29, 0.717) is 18.6 Å². The van der Waals surface area contributed by atoms with Crippen molar-refractivity contribution in [2.45, 2.75) is 38.8 Å². The molecule has 0 aromatic heterocycles. The maximum atomic E-state index is 11.1. The van der Waals surface area contributed by atoms with Crippen molar-refractivity contribution in [2.24, 2.45) is 0 Å². The number of carbonyl (C=O) groups is 1. The number of nitrogens with one attached hydrogen (secondary N) is 3. The minimum atomic E-state index is -0.0342. The number of rotatable bonds is 5. The summed E-state index contributed by atoms with van der Waals surface area (Å²) in [5.41, 5.74) is 0. The van der Waals surface area contributed by atoms with E-state index in [0.717, 1.165) is 19.4 Å². The van der Waals surface area contributed by atoms with Crippen molar-refractivity contribution in [2.75, 3.05) is 13.1 Å². The van der Waals surface area contributed by atoms with Crippen LogP contribution in [0.3, 0.4) is 0 Å². The summed E-state index contributed by atoms with van der Waals surface area (Å²) in [5, 5.41) is 8.89. The van der Waals surface area contributed by atoms with Crippen LogP contribution in [0, 0.1) is 0 Å². The van der Waals surface area contributed by atoms with Gasteiger partial charge in [-0.1, -0.05) is 13.8 Å². The van der Waals surface area contributed by atoms with Crippen LogP contribution in [0.25, 0.3) is 0 Å². The minimum Gasteiger partial charge on any atom is -0.337 e. The van der Waals surface area contributed by atoms with E-state index in [2.05, 4.69) is 29.8 Å². The van der Waals surface area contributed by atoms with Gasteiger partial charge in [-0.3, -0.25) is 0 Å². The molecule has 1 saturated carbocycles. The SMILES string of the molecule is CC(C)NCCNC(=O)NC1CC1. The van der Waals surface area contributed by atoms with Crippen molar-refractivity contribution in [3.05, 3.63) is 0 Å². The van der Waals surface area contributed by atoms with Gasteiger partial charge in [0.25, 0.3) is 0 Å². The van der Waals surface area contributed by atoms with Gasteiger partial charge in [-0.25, -0.2) is 4.79 Å². The lowest BCUT2D eigenvalue weighted by molar-refractivity contribution is 0.240. The summed E-state index contributed by atoms with van der Waals surface area (Å²) < 4.78 is 0. The molecule has 0 aromatic carbocycles. The van der Waals surface area contributed by atoms with Gasteiger partial charge in [-0.05, 0) is 12.8 Å². The zero-order chi connectivity index (χ0) is 9.68. The van der Waals surface area contributed by atoms with Crippen LogP contribution in [-0.2, 0) is 0 Å². The highest BCUT2D eigenvalue weighted by atomic mass is 16.2. The van der Waals surface area contributed by atoms with Crippen LogP contribution in [0.2, 0.25) is 0 Å². The highest BCUT2D eigenvalue weighted by Gasteiger charge is 2.22. The molecule has 76 valence electrons. The van der Waals surface area contributed by atoms with Gasteiger partial charge in [-0.15, -0.1) is 0 Å². The van der Waals surface area contributed by atoms with Gasteiger partial charge in [0, 0.05) is 25.2 Å². The number of hydrogen-bond acceptors (Lipinski definition) is 2. The third-order valence-corrected chi connectivity index (χ3v) is 1.88. The molecule has 2 amide bonds. The maximum Gasteiger partial charge on any atom is 0.315 e. The second kappa shape index (κ2) is 5.07. The Balaban J connectivity index is 1.89. The summed E-state index contributed by atoms with van der Waals surface area (Å²) in [6.45, 7) is 5.70. The maximum absolute atomic E-state index is 11.1. The standard InChI is InChI=1S/C9H19N3O/c1-7(2)10-5-6-11-9(13)12-8-3-4-8/h7-8,10H,3-6H2,1-2H3,(H2,11,12,13). The first-order valence-electron chi connectivity index (χ1n) is 4.96. The molecule has 0 heterocycles. The molecule has 0 unspecified atom stereocenters. The Labute approximate surface area is 79.5 Å². The monoisotopic (exact) mass is 185 g/mol. The molecule has 0 aliphatic heterocycles.